The molecule has 0 aliphatic heterocycles. The maximum atomic E-state index is 11.7. The van der Waals surface area contributed by atoms with Crippen molar-refractivity contribution in [1.82, 2.24) is 10.2 Å². The van der Waals surface area contributed by atoms with E-state index in [1.807, 2.05) is 17.5 Å². The first-order valence-electron chi connectivity index (χ1n) is 5.90. The summed E-state index contributed by atoms with van der Waals surface area (Å²) in [5.74, 6) is -0.996. The van der Waals surface area contributed by atoms with Crippen LogP contribution >= 0.6 is 11.3 Å². The van der Waals surface area contributed by atoms with Crippen LogP contribution in [0.1, 0.15) is 17.7 Å². The van der Waals surface area contributed by atoms with Crippen LogP contribution in [0, 0.1) is 0 Å². The predicted molar refractivity (Wildman–Crippen MR) is 68.4 cm³/mol. The van der Waals surface area contributed by atoms with Crippen molar-refractivity contribution in [3.63, 3.8) is 0 Å². The third-order valence-electron chi connectivity index (χ3n) is 2.79. The molecule has 1 amide bonds. The predicted octanol–water partition coefficient (Wildman–Crippen LogP) is 0.913. The first kappa shape index (κ1) is 13.0. The Bertz CT molecular complexity index is 415. The van der Waals surface area contributed by atoms with Gasteiger partial charge in [0.1, 0.15) is 0 Å². The first-order chi connectivity index (χ1) is 8.65. The summed E-state index contributed by atoms with van der Waals surface area (Å²) in [4.78, 5) is 25.2. The van der Waals surface area contributed by atoms with Gasteiger partial charge in [0, 0.05) is 10.9 Å². The lowest BCUT2D eigenvalue weighted by atomic mass is 10.4. The molecule has 0 saturated heterocycles. The molecular formula is C12H16N2O3S. The molecule has 1 aromatic heterocycles. The highest BCUT2D eigenvalue weighted by molar-refractivity contribution is 7.09. The van der Waals surface area contributed by atoms with Crippen molar-refractivity contribution >= 4 is 23.2 Å². The average Bonchev–Trinajstić information content (AvgIpc) is 3.02. The number of rotatable bonds is 7. The fraction of sp³-hybridized carbons (Fsp3) is 0.500. The number of nitrogens with one attached hydrogen (secondary N) is 1. The van der Waals surface area contributed by atoms with Gasteiger partial charge in [-0.3, -0.25) is 14.5 Å². The van der Waals surface area contributed by atoms with Crippen molar-refractivity contribution in [2.75, 3.05) is 13.1 Å². The van der Waals surface area contributed by atoms with Gasteiger partial charge in [0.15, 0.2) is 0 Å². The van der Waals surface area contributed by atoms with Crippen molar-refractivity contribution in [3.05, 3.63) is 22.4 Å². The van der Waals surface area contributed by atoms with E-state index in [2.05, 4.69) is 5.32 Å². The van der Waals surface area contributed by atoms with Crippen LogP contribution in [0.2, 0.25) is 0 Å². The second kappa shape index (κ2) is 5.97. The second-order valence-electron chi connectivity index (χ2n) is 4.39. The molecular weight excluding hydrogens is 252 g/mol. The maximum Gasteiger partial charge on any atom is 0.317 e. The van der Waals surface area contributed by atoms with Crippen LogP contribution in [0.4, 0.5) is 0 Å². The Labute approximate surface area is 109 Å². The van der Waals surface area contributed by atoms with Gasteiger partial charge in [-0.05, 0) is 24.3 Å². The van der Waals surface area contributed by atoms with Gasteiger partial charge in [-0.1, -0.05) is 6.07 Å². The molecule has 1 aromatic rings. The van der Waals surface area contributed by atoms with Gasteiger partial charge in [-0.2, -0.15) is 0 Å². The lowest BCUT2D eigenvalue weighted by Crippen LogP contribution is -2.40. The van der Waals surface area contributed by atoms with Gasteiger partial charge in [0.05, 0.1) is 19.6 Å². The summed E-state index contributed by atoms with van der Waals surface area (Å²) >= 11 is 1.59. The third kappa shape index (κ3) is 4.12. The summed E-state index contributed by atoms with van der Waals surface area (Å²) in [7, 11) is 0. The monoisotopic (exact) mass is 268 g/mol. The number of amides is 1. The molecule has 1 fully saturated rings. The first-order valence-corrected chi connectivity index (χ1v) is 6.78. The number of carboxylic acids is 1. The molecule has 0 atom stereocenters. The second-order valence-corrected chi connectivity index (χ2v) is 5.42. The molecule has 0 unspecified atom stereocenters. The number of nitrogens with zero attached hydrogens (tertiary/aromatic N) is 1. The van der Waals surface area contributed by atoms with E-state index < -0.39 is 5.97 Å². The van der Waals surface area contributed by atoms with Gasteiger partial charge in [-0.25, -0.2) is 0 Å². The quantitative estimate of drug-likeness (QED) is 0.771. The molecule has 1 aliphatic carbocycles. The van der Waals surface area contributed by atoms with Gasteiger partial charge >= 0.3 is 5.97 Å². The molecule has 18 heavy (non-hydrogen) atoms. The number of carbonyl (C=O) groups is 2. The van der Waals surface area contributed by atoms with E-state index in [0.717, 1.165) is 17.7 Å². The van der Waals surface area contributed by atoms with E-state index in [1.54, 1.807) is 16.2 Å². The molecule has 0 aromatic carbocycles. The molecule has 2 N–H and O–H groups in total. The van der Waals surface area contributed by atoms with Crippen LogP contribution in [-0.4, -0.2) is 41.0 Å². The molecule has 0 radical (unpaired) electrons. The highest BCUT2D eigenvalue weighted by atomic mass is 32.1. The Hall–Kier alpha value is -1.40. The third-order valence-corrected chi connectivity index (χ3v) is 3.66. The fourth-order valence-corrected chi connectivity index (χ4v) is 2.41. The van der Waals surface area contributed by atoms with Crippen LogP contribution in [0.5, 0.6) is 0 Å². The van der Waals surface area contributed by atoms with Crippen molar-refractivity contribution in [2.45, 2.75) is 25.4 Å². The number of carboxylic acid groups (broad SMARTS) is 1. The van der Waals surface area contributed by atoms with Gasteiger partial charge in [-0.15, -0.1) is 11.3 Å². The standard InChI is InChI=1S/C12H16N2O3S/c15-11(13-6-10-2-1-5-18-10)7-14(8-12(16)17)9-3-4-9/h1-2,5,9H,3-4,6-8H2,(H,13,15)(H,16,17). The Kier molecular flexibility index (Phi) is 4.33. The highest BCUT2D eigenvalue weighted by Crippen LogP contribution is 2.26. The lowest BCUT2D eigenvalue weighted by Gasteiger charge is -2.18. The Morgan fingerprint density at radius 2 is 2.22 bits per heavy atom. The summed E-state index contributed by atoms with van der Waals surface area (Å²) in [6.45, 7) is 0.626. The zero-order valence-corrected chi connectivity index (χ0v) is 10.8. The maximum absolute atomic E-state index is 11.7. The Morgan fingerprint density at radius 3 is 2.78 bits per heavy atom. The summed E-state index contributed by atoms with van der Waals surface area (Å²) in [6.07, 6.45) is 1.98. The van der Waals surface area contributed by atoms with Gasteiger partial charge in [0.2, 0.25) is 5.91 Å². The molecule has 2 rings (SSSR count). The van der Waals surface area contributed by atoms with Crippen LogP contribution in [-0.2, 0) is 16.1 Å². The minimum Gasteiger partial charge on any atom is -0.480 e. The van der Waals surface area contributed by atoms with Crippen LogP contribution in [0.3, 0.4) is 0 Å². The zero-order chi connectivity index (χ0) is 13.0. The van der Waals surface area contributed by atoms with Crippen molar-refractivity contribution < 1.29 is 14.7 Å². The van der Waals surface area contributed by atoms with Gasteiger partial charge < -0.3 is 10.4 Å². The smallest absolute Gasteiger partial charge is 0.317 e. The molecule has 98 valence electrons. The minimum atomic E-state index is -0.882. The van der Waals surface area contributed by atoms with Crippen LogP contribution < -0.4 is 5.32 Å². The topological polar surface area (TPSA) is 69.6 Å². The fourth-order valence-electron chi connectivity index (χ4n) is 1.77. The molecule has 6 heteroatoms. The zero-order valence-electron chi connectivity index (χ0n) is 9.96. The number of thiophene rings is 1. The average molecular weight is 268 g/mol. The lowest BCUT2D eigenvalue weighted by molar-refractivity contribution is -0.138. The SMILES string of the molecule is O=C(O)CN(CC(=O)NCc1cccs1)C1CC1. The Morgan fingerprint density at radius 1 is 1.44 bits per heavy atom. The van der Waals surface area contributed by atoms with Gasteiger partial charge in [0.25, 0.3) is 0 Å². The highest BCUT2D eigenvalue weighted by Gasteiger charge is 2.31. The molecule has 0 bridgehead atoms. The molecule has 1 aliphatic rings. The minimum absolute atomic E-state index is 0.0584. The number of hydrogen-bond donors (Lipinski definition) is 2. The summed E-state index contributed by atoms with van der Waals surface area (Å²) < 4.78 is 0. The molecule has 1 saturated carbocycles. The summed E-state index contributed by atoms with van der Waals surface area (Å²) in [5, 5.41) is 13.6. The van der Waals surface area contributed by atoms with E-state index in [-0.39, 0.29) is 25.0 Å². The van der Waals surface area contributed by atoms with Crippen molar-refractivity contribution in [3.8, 4) is 0 Å². The van der Waals surface area contributed by atoms with Crippen LogP contribution in [0.25, 0.3) is 0 Å². The summed E-state index contributed by atoms with van der Waals surface area (Å²) in [5.41, 5.74) is 0. The summed E-state index contributed by atoms with van der Waals surface area (Å²) in [6, 6.07) is 4.17. The molecule has 5 nitrogen and oxygen atoms in total. The Balaban J connectivity index is 1.76. The van der Waals surface area contributed by atoms with E-state index in [0.29, 0.717) is 6.54 Å². The van der Waals surface area contributed by atoms with Crippen molar-refractivity contribution in [2.24, 2.45) is 0 Å². The van der Waals surface area contributed by atoms with Crippen molar-refractivity contribution in [1.29, 1.82) is 0 Å². The molecule has 0 spiro atoms. The van der Waals surface area contributed by atoms with E-state index in [4.69, 9.17) is 5.11 Å². The number of hydrogen-bond acceptors (Lipinski definition) is 4. The van der Waals surface area contributed by atoms with Crippen LogP contribution in [0.15, 0.2) is 17.5 Å². The van der Waals surface area contributed by atoms with E-state index >= 15 is 0 Å². The van der Waals surface area contributed by atoms with E-state index in [1.165, 1.54) is 0 Å². The largest absolute Gasteiger partial charge is 0.480 e. The number of carbonyl (C=O) groups excluding carboxylic acids is 1. The normalized spacial score (nSPS) is 14.7. The molecule has 1 heterocycles. The number of aliphatic carboxylic acids is 1. The van der Waals surface area contributed by atoms with E-state index in [9.17, 15) is 9.59 Å².